The molecule has 1 atom stereocenters. The number of rotatable bonds is 6. The molecule has 60 valence electrons. The van der Waals surface area contributed by atoms with Crippen molar-refractivity contribution in [1.82, 2.24) is 0 Å². The van der Waals surface area contributed by atoms with E-state index >= 15 is 0 Å². The van der Waals surface area contributed by atoms with Crippen molar-refractivity contribution in [3.63, 3.8) is 0 Å². The average molecular weight is 144 g/mol. The molecule has 0 rings (SSSR count). The maximum atomic E-state index is 9.94. The summed E-state index contributed by atoms with van der Waals surface area (Å²) in [5.41, 5.74) is 10.8. The van der Waals surface area contributed by atoms with Crippen LogP contribution in [0.3, 0.4) is 0 Å². The molecule has 0 amide bonds. The summed E-state index contributed by atoms with van der Waals surface area (Å²) >= 11 is 0. The Bertz CT molecular complexity index is 85.7. The molecule has 0 spiro atoms. The first-order valence-corrected chi connectivity index (χ1v) is 3.70. The number of aldehydes is 1. The van der Waals surface area contributed by atoms with E-state index in [0.717, 1.165) is 25.5 Å². The number of carbonyl (C=O) groups is 1. The summed E-state index contributed by atoms with van der Waals surface area (Å²) in [4.78, 5) is 9.94. The highest BCUT2D eigenvalue weighted by atomic mass is 16.1. The maximum absolute atomic E-state index is 9.94. The van der Waals surface area contributed by atoms with Crippen LogP contribution in [0.1, 0.15) is 25.7 Å². The molecular formula is C7H16N2O. The molecule has 0 saturated heterocycles. The molecule has 4 N–H and O–H groups in total. The van der Waals surface area contributed by atoms with Gasteiger partial charge in [0, 0.05) is 12.5 Å². The summed E-state index contributed by atoms with van der Waals surface area (Å²) in [7, 11) is 0. The fourth-order valence-electron chi connectivity index (χ4n) is 0.792. The second-order valence-electron chi connectivity index (χ2n) is 2.45. The molecule has 0 bridgehead atoms. The molecule has 0 aliphatic heterocycles. The van der Waals surface area contributed by atoms with Crippen molar-refractivity contribution in [2.45, 2.75) is 31.7 Å². The zero-order valence-corrected chi connectivity index (χ0v) is 6.25. The summed E-state index contributed by atoms with van der Waals surface area (Å²) in [5.74, 6) is 0. The van der Waals surface area contributed by atoms with Crippen molar-refractivity contribution in [3.05, 3.63) is 0 Å². The minimum absolute atomic E-state index is 0.0454. The van der Waals surface area contributed by atoms with E-state index in [1.54, 1.807) is 0 Å². The quantitative estimate of drug-likeness (QED) is 0.408. The molecule has 0 saturated carbocycles. The SMILES string of the molecule is NCCCCC(N)CC=O. The number of hydrogen-bond acceptors (Lipinski definition) is 3. The third-order valence-electron chi connectivity index (χ3n) is 1.43. The van der Waals surface area contributed by atoms with Gasteiger partial charge in [-0.25, -0.2) is 0 Å². The van der Waals surface area contributed by atoms with Crippen molar-refractivity contribution in [1.29, 1.82) is 0 Å². The molecule has 0 aliphatic rings. The molecule has 0 heterocycles. The average Bonchev–Trinajstić information content (AvgIpc) is 1.89. The largest absolute Gasteiger partial charge is 0.330 e. The van der Waals surface area contributed by atoms with Crippen LogP contribution in [0.25, 0.3) is 0 Å². The molecule has 10 heavy (non-hydrogen) atoms. The second kappa shape index (κ2) is 6.71. The normalized spacial score (nSPS) is 13.0. The van der Waals surface area contributed by atoms with Gasteiger partial charge >= 0.3 is 0 Å². The van der Waals surface area contributed by atoms with Gasteiger partial charge in [0.1, 0.15) is 6.29 Å². The first-order chi connectivity index (χ1) is 4.81. The van der Waals surface area contributed by atoms with Crippen LogP contribution in [0, 0.1) is 0 Å². The topological polar surface area (TPSA) is 69.1 Å². The highest BCUT2D eigenvalue weighted by Gasteiger charge is 1.99. The highest BCUT2D eigenvalue weighted by molar-refractivity contribution is 5.50. The van der Waals surface area contributed by atoms with Crippen molar-refractivity contribution in [2.24, 2.45) is 11.5 Å². The first kappa shape index (κ1) is 9.59. The van der Waals surface area contributed by atoms with Crippen LogP contribution >= 0.6 is 0 Å². The molecule has 0 fully saturated rings. The molecule has 3 nitrogen and oxygen atoms in total. The summed E-state index contributed by atoms with van der Waals surface area (Å²) in [6, 6.07) is 0.0454. The Morgan fingerprint density at radius 3 is 2.60 bits per heavy atom. The van der Waals surface area contributed by atoms with Crippen LogP contribution in [0.5, 0.6) is 0 Å². The highest BCUT2D eigenvalue weighted by Crippen LogP contribution is 1.99. The standard InChI is InChI=1S/C7H16N2O/c8-5-2-1-3-7(9)4-6-10/h6-7H,1-5,8-9H2. The van der Waals surface area contributed by atoms with Crippen LogP contribution in [0.2, 0.25) is 0 Å². The predicted molar refractivity (Wildman–Crippen MR) is 41.6 cm³/mol. The Labute approximate surface area is 61.8 Å². The second-order valence-corrected chi connectivity index (χ2v) is 2.45. The van der Waals surface area contributed by atoms with Gasteiger partial charge in [0.15, 0.2) is 0 Å². The molecule has 0 radical (unpaired) electrons. The van der Waals surface area contributed by atoms with E-state index in [9.17, 15) is 4.79 Å². The molecule has 0 aliphatic carbocycles. The lowest BCUT2D eigenvalue weighted by Gasteiger charge is -2.05. The van der Waals surface area contributed by atoms with Gasteiger partial charge < -0.3 is 16.3 Å². The van der Waals surface area contributed by atoms with E-state index in [-0.39, 0.29) is 6.04 Å². The lowest BCUT2D eigenvalue weighted by Crippen LogP contribution is -2.20. The summed E-state index contributed by atoms with van der Waals surface area (Å²) in [5, 5.41) is 0. The van der Waals surface area contributed by atoms with Gasteiger partial charge in [-0.1, -0.05) is 6.42 Å². The van der Waals surface area contributed by atoms with Crippen LogP contribution in [-0.4, -0.2) is 18.9 Å². The van der Waals surface area contributed by atoms with Crippen LogP contribution in [0.15, 0.2) is 0 Å². The Morgan fingerprint density at radius 1 is 1.40 bits per heavy atom. The van der Waals surface area contributed by atoms with E-state index < -0.39 is 0 Å². The lowest BCUT2D eigenvalue weighted by molar-refractivity contribution is -0.108. The van der Waals surface area contributed by atoms with Gasteiger partial charge in [0.2, 0.25) is 0 Å². The van der Waals surface area contributed by atoms with Crippen molar-refractivity contribution >= 4 is 6.29 Å². The molecule has 0 aromatic heterocycles. The minimum atomic E-state index is 0.0454. The molecule has 3 heteroatoms. The maximum Gasteiger partial charge on any atom is 0.121 e. The van der Waals surface area contributed by atoms with Crippen LogP contribution in [0.4, 0.5) is 0 Å². The molecule has 1 unspecified atom stereocenters. The first-order valence-electron chi connectivity index (χ1n) is 3.70. The van der Waals surface area contributed by atoms with Gasteiger partial charge in [-0.3, -0.25) is 0 Å². The van der Waals surface area contributed by atoms with E-state index in [1.807, 2.05) is 0 Å². The van der Waals surface area contributed by atoms with E-state index in [1.165, 1.54) is 0 Å². The molecule has 0 aromatic carbocycles. The lowest BCUT2D eigenvalue weighted by atomic mass is 10.1. The third-order valence-corrected chi connectivity index (χ3v) is 1.43. The smallest absolute Gasteiger partial charge is 0.121 e. The van der Waals surface area contributed by atoms with Gasteiger partial charge in [-0.2, -0.15) is 0 Å². The van der Waals surface area contributed by atoms with Gasteiger partial charge in [0.25, 0.3) is 0 Å². The monoisotopic (exact) mass is 144 g/mol. The summed E-state index contributed by atoms with van der Waals surface area (Å²) in [6.45, 7) is 0.716. The van der Waals surface area contributed by atoms with Crippen LogP contribution < -0.4 is 11.5 Å². The number of nitrogens with two attached hydrogens (primary N) is 2. The number of unbranched alkanes of at least 4 members (excludes halogenated alkanes) is 1. The zero-order valence-electron chi connectivity index (χ0n) is 6.25. The van der Waals surface area contributed by atoms with Crippen LogP contribution in [-0.2, 0) is 4.79 Å². The Kier molecular flexibility index (Phi) is 6.43. The molecule has 0 aromatic rings. The van der Waals surface area contributed by atoms with E-state index in [4.69, 9.17) is 11.5 Å². The number of hydrogen-bond donors (Lipinski definition) is 2. The third kappa shape index (κ3) is 5.72. The van der Waals surface area contributed by atoms with Crippen molar-refractivity contribution in [3.8, 4) is 0 Å². The predicted octanol–water partition coefficient (Wildman–Crippen LogP) is 0.0317. The fraction of sp³-hybridized carbons (Fsp3) is 0.857. The van der Waals surface area contributed by atoms with E-state index in [0.29, 0.717) is 13.0 Å². The van der Waals surface area contributed by atoms with Gasteiger partial charge in [-0.05, 0) is 19.4 Å². The Balaban J connectivity index is 3.04. The van der Waals surface area contributed by atoms with Gasteiger partial charge in [0.05, 0.1) is 0 Å². The Morgan fingerprint density at radius 2 is 2.10 bits per heavy atom. The number of carbonyl (C=O) groups excluding carboxylic acids is 1. The molecular weight excluding hydrogens is 128 g/mol. The minimum Gasteiger partial charge on any atom is -0.330 e. The zero-order chi connectivity index (χ0) is 7.82. The fourth-order valence-corrected chi connectivity index (χ4v) is 0.792. The van der Waals surface area contributed by atoms with Crippen molar-refractivity contribution in [2.75, 3.05) is 6.54 Å². The Hall–Kier alpha value is -0.410. The van der Waals surface area contributed by atoms with Gasteiger partial charge in [-0.15, -0.1) is 0 Å². The summed E-state index contributed by atoms with van der Waals surface area (Å²) in [6.07, 6.45) is 4.30. The van der Waals surface area contributed by atoms with Crippen molar-refractivity contribution < 1.29 is 4.79 Å². The summed E-state index contributed by atoms with van der Waals surface area (Å²) < 4.78 is 0. The van der Waals surface area contributed by atoms with E-state index in [2.05, 4.69) is 0 Å².